The Kier molecular flexibility index (Phi) is 3.46. The first kappa shape index (κ1) is 12.8. The van der Waals surface area contributed by atoms with Crippen molar-refractivity contribution >= 4 is 10.9 Å². The Labute approximate surface area is 119 Å². The lowest BCUT2D eigenvalue weighted by Crippen LogP contribution is -1.94. The minimum atomic E-state index is 0.768. The molecule has 1 heterocycles. The zero-order chi connectivity index (χ0) is 13.9. The van der Waals surface area contributed by atoms with Crippen molar-refractivity contribution in [3.8, 4) is 17.0 Å². The molecular formula is C18H19NO. The van der Waals surface area contributed by atoms with Crippen LogP contribution >= 0.6 is 0 Å². The average Bonchev–Trinajstić information content (AvgIpc) is 2.83. The molecule has 0 aliphatic rings. The van der Waals surface area contributed by atoms with Crippen molar-refractivity contribution in [2.45, 2.75) is 13.3 Å². The summed E-state index contributed by atoms with van der Waals surface area (Å²) in [4.78, 5) is 0. The van der Waals surface area contributed by atoms with Crippen molar-refractivity contribution in [2.75, 3.05) is 6.61 Å². The summed E-state index contributed by atoms with van der Waals surface area (Å²) in [5.74, 6) is 0.949. The first-order valence-electron chi connectivity index (χ1n) is 7.07. The number of aromatic nitrogens is 1. The van der Waals surface area contributed by atoms with Crippen molar-refractivity contribution in [2.24, 2.45) is 7.05 Å². The van der Waals surface area contributed by atoms with Crippen molar-refractivity contribution in [1.82, 2.24) is 4.57 Å². The van der Waals surface area contributed by atoms with Crippen LogP contribution in [0, 0.1) is 0 Å². The third-order valence-electron chi connectivity index (χ3n) is 3.56. The van der Waals surface area contributed by atoms with E-state index in [1.54, 1.807) is 0 Å². The third-order valence-corrected chi connectivity index (χ3v) is 3.56. The van der Waals surface area contributed by atoms with E-state index in [1.807, 2.05) is 12.1 Å². The SMILES string of the molecule is CCCOc1ccc2c(c1)cc(-c1ccccc1)n2C. The van der Waals surface area contributed by atoms with E-state index in [0.29, 0.717) is 0 Å². The highest BCUT2D eigenvalue weighted by Crippen LogP contribution is 2.29. The molecule has 1 aromatic heterocycles. The Morgan fingerprint density at radius 3 is 2.55 bits per heavy atom. The predicted octanol–water partition coefficient (Wildman–Crippen LogP) is 4.63. The van der Waals surface area contributed by atoms with Gasteiger partial charge in [0.05, 0.1) is 6.61 Å². The van der Waals surface area contributed by atoms with E-state index in [2.05, 4.69) is 61.0 Å². The summed E-state index contributed by atoms with van der Waals surface area (Å²) >= 11 is 0. The maximum atomic E-state index is 5.71. The molecule has 0 N–H and O–H groups in total. The minimum Gasteiger partial charge on any atom is -0.494 e. The van der Waals surface area contributed by atoms with Crippen LogP contribution in [0.25, 0.3) is 22.2 Å². The molecular weight excluding hydrogens is 246 g/mol. The molecule has 2 heteroatoms. The molecule has 20 heavy (non-hydrogen) atoms. The lowest BCUT2D eigenvalue weighted by atomic mass is 10.1. The molecule has 0 amide bonds. The number of hydrogen-bond donors (Lipinski definition) is 0. The van der Waals surface area contributed by atoms with Crippen molar-refractivity contribution in [3.05, 3.63) is 54.6 Å². The standard InChI is InChI=1S/C18H19NO/c1-3-11-20-16-9-10-17-15(12-16)13-18(19(17)2)14-7-5-4-6-8-14/h4-10,12-13H,3,11H2,1-2H3. The van der Waals surface area contributed by atoms with Gasteiger partial charge in [0.1, 0.15) is 5.75 Å². The first-order valence-corrected chi connectivity index (χ1v) is 7.07. The molecule has 0 aliphatic heterocycles. The van der Waals surface area contributed by atoms with Gasteiger partial charge in [0.15, 0.2) is 0 Å². The fraction of sp³-hybridized carbons (Fsp3) is 0.222. The molecule has 0 fully saturated rings. The maximum Gasteiger partial charge on any atom is 0.120 e. The topological polar surface area (TPSA) is 14.2 Å². The van der Waals surface area contributed by atoms with Crippen LogP contribution in [-0.2, 0) is 7.05 Å². The summed E-state index contributed by atoms with van der Waals surface area (Å²) in [6.07, 6.45) is 1.03. The van der Waals surface area contributed by atoms with Crippen molar-refractivity contribution in [1.29, 1.82) is 0 Å². The van der Waals surface area contributed by atoms with E-state index in [0.717, 1.165) is 18.8 Å². The molecule has 0 saturated carbocycles. The molecule has 0 spiro atoms. The number of fused-ring (bicyclic) bond motifs is 1. The third kappa shape index (κ3) is 2.29. The van der Waals surface area contributed by atoms with E-state index >= 15 is 0 Å². The predicted molar refractivity (Wildman–Crippen MR) is 84.1 cm³/mol. The fourth-order valence-electron chi connectivity index (χ4n) is 2.52. The van der Waals surface area contributed by atoms with Crippen molar-refractivity contribution < 1.29 is 4.74 Å². The number of aryl methyl sites for hydroxylation is 1. The van der Waals surface area contributed by atoms with E-state index in [-0.39, 0.29) is 0 Å². The maximum absolute atomic E-state index is 5.71. The highest BCUT2D eigenvalue weighted by Gasteiger charge is 2.08. The molecule has 0 aliphatic carbocycles. The molecule has 0 radical (unpaired) electrons. The van der Waals surface area contributed by atoms with Crippen LogP contribution in [0.1, 0.15) is 13.3 Å². The molecule has 0 saturated heterocycles. The molecule has 102 valence electrons. The van der Waals surface area contributed by atoms with E-state index in [4.69, 9.17) is 4.74 Å². The zero-order valence-electron chi connectivity index (χ0n) is 12.0. The summed E-state index contributed by atoms with van der Waals surface area (Å²) in [6.45, 7) is 2.89. The summed E-state index contributed by atoms with van der Waals surface area (Å²) < 4.78 is 7.94. The smallest absolute Gasteiger partial charge is 0.120 e. The highest BCUT2D eigenvalue weighted by atomic mass is 16.5. The lowest BCUT2D eigenvalue weighted by molar-refractivity contribution is 0.318. The Morgan fingerprint density at radius 1 is 1.00 bits per heavy atom. The van der Waals surface area contributed by atoms with Gasteiger partial charge in [-0.2, -0.15) is 0 Å². The Hall–Kier alpha value is -2.22. The largest absolute Gasteiger partial charge is 0.494 e. The number of hydrogen-bond acceptors (Lipinski definition) is 1. The highest BCUT2D eigenvalue weighted by molar-refractivity contribution is 5.88. The van der Waals surface area contributed by atoms with Gasteiger partial charge in [0.25, 0.3) is 0 Å². The quantitative estimate of drug-likeness (QED) is 0.670. The van der Waals surface area contributed by atoms with Gasteiger partial charge in [-0.15, -0.1) is 0 Å². The zero-order valence-corrected chi connectivity index (χ0v) is 12.0. The number of benzene rings is 2. The molecule has 0 atom stereocenters. The van der Waals surface area contributed by atoms with Gasteiger partial charge in [0, 0.05) is 23.6 Å². The molecule has 2 nitrogen and oxygen atoms in total. The fourth-order valence-corrected chi connectivity index (χ4v) is 2.52. The van der Waals surface area contributed by atoms with E-state index < -0.39 is 0 Å². The van der Waals surface area contributed by atoms with Crippen molar-refractivity contribution in [3.63, 3.8) is 0 Å². The monoisotopic (exact) mass is 265 g/mol. The molecule has 2 aromatic carbocycles. The van der Waals surface area contributed by atoms with Crippen LogP contribution in [0.4, 0.5) is 0 Å². The van der Waals surface area contributed by atoms with Crippen LogP contribution in [0.15, 0.2) is 54.6 Å². The number of ether oxygens (including phenoxy) is 1. The van der Waals surface area contributed by atoms with Crippen LogP contribution in [0.3, 0.4) is 0 Å². The van der Waals surface area contributed by atoms with Gasteiger partial charge in [-0.3, -0.25) is 0 Å². The second kappa shape index (κ2) is 5.41. The summed E-state index contributed by atoms with van der Waals surface area (Å²) in [5, 5.41) is 1.22. The normalized spacial score (nSPS) is 10.9. The van der Waals surface area contributed by atoms with Gasteiger partial charge in [-0.05, 0) is 36.2 Å². The molecule has 3 rings (SSSR count). The van der Waals surface area contributed by atoms with E-state index in [1.165, 1.54) is 22.2 Å². The van der Waals surface area contributed by atoms with Crippen LogP contribution in [0.2, 0.25) is 0 Å². The second-order valence-corrected chi connectivity index (χ2v) is 5.02. The number of nitrogens with zero attached hydrogens (tertiary/aromatic N) is 1. The number of rotatable bonds is 4. The Balaban J connectivity index is 2.05. The van der Waals surface area contributed by atoms with Gasteiger partial charge < -0.3 is 9.30 Å². The second-order valence-electron chi connectivity index (χ2n) is 5.02. The van der Waals surface area contributed by atoms with Gasteiger partial charge in [-0.1, -0.05) is 37.3 Å². The summed E-state index contributed by atoms with van der Waals surface area (Å²) in [7, 11) is 2.11. The molecule has 0 unspecified atom stereocenters. The average molecular weight is 265 g/mol. The van der Waals surface area contributed by atoms with Crippen LogP contribution < -0.4 is 4.74 Å². The Morgan fingerprint density at radius 2 is 1.80 bits per heavy atom. The molecule has 3 aromatic rings. The van der Waals surface area contributed by atoms with Gasteiger partial charge in [-0.25, -0.2) is 0 Å². The van der Waals surface area contributed by atoms with Crippen LogP contribution in [0.5, 0.6) is 5.75 Å². The van der Waals surface area contributed by atoms with Gasteiger partial charge in [0.2, 0.25) is 0 Å². The summed E-state index contributed by atoms with van der Waals surface area (Å²) in [6, 6.07) is 19.0. The molecule has 0 bridgehead atoms. The minimum absolute atomic E-state index is 0.768. The van der Waals surface area contributed by atoms with Crippen LogP contribution in [-0.4, -0.2) is 11.2 Å². The Bertz CT molecular complexity index is 713. The van der Waals surface area contributed by atoms with Gasteiger partial charge >= 0.3 is 0 Å². The first-order chi connectivity index (χ1) is 9.79. The van der Waals surface area contributed by atoms with E-state index in [9.17, 15) is 0 Å². The lowest BCUT2D eigenvalue weighted by Gasteiger charge is -2.05. The summed E-state index contributed by atoms with van der Waals surface area (Å²) in [5.41, 5.74) is 3.70.